The number of carbonyl (C=O) groups excluding carboxylic acids is 2. The van der Waals surface area contributed by atoms with Gasteiger partial charge in [0.2, 0.25) is 15.9 Å². The number of fused-ring (bicyclic) bond motifs is 4. The molecular formula is C42H56ClFN4O6S. The third-order valence-electron chi connectivity index (χ3n) is 12.8. The fourth-order valence-electron chi connectivity index (χ4n) is 9.49. The van der Waals surface area contributed by atoms with E-state index in [2.05, 4.69) is 20.6 Å². The number of carbonyl (C=O) groups is 2. The van der Waals surface area contributed by atoms with Crippen LogP contribution >= 0.6 is 11.6 Å². The van der Waals surface area contributed by atoms with Crippen LogP contribution in [0.4, 0.5) is 10.1 Å². The van der Waals surface area contributed by atoms with Gasteiger partial charge in [-0.25, -0.2) is 17.5 Å². The van der Waals surface area contributed by atoms with Gasteiger partial charge < -0.3 is 19.3 Å². The Morgan fingerprint density at radius 2 is 1.91 bits per heavy atom. The van der Waals surface area contributed by atoms with E-state index in [1.807, 2.05) is 24.0 Å². The molecule has 5 atom stereocenters. The number of hydrogen-bond donors (Lipinski definition) is 1. The minimum atomic E-state index is -4.14. The zero-order valence-electron chi connectivity index (χ0n) is 32.4. The Hall–Kier alpha value is -3.19. The second-order valence-electron chi connectivity index (χ2n) is 16.5. The first-order chi connectivity index (χ1) is 26.4. The molecule has 2 aromatic rings. The van der Waals surface area contributed by atoms with Crippen molar-refractivity contribution in [2.45, 2.75) is 101 Å². The molecule has 4 heterocycles. The van der Waals surface area contributed by atoms with E-state index in [9.17, 15) is 18.0 Å². The van der Waals surface area contributed by atoms with Crippen LogP contribution in [0.1, 0.15) is 93.6 Å². The number of aryl methyl sites for hydroxylation is 1. The lowest BCUT2D eigenvalue weighted by Gasteiger charge is -2.43. The van der Waals surface area contributed by atoms with E-state index in [1.165, 1.54) is 24.1 Å². The van der Waals surface area contributed by atoms with Crippen LogP contribution in [-0.2, 0) is 31.4 Å². The normalized spacial score (nSPS) is 29.9. The van der Waals surface area contributed by atoms with Crippen molar-refractivity contribution in [1.82, 2.24) is 14.5 Å². The van der Waals surface area contributed by atoms with Crippen molar-refractivity contribution >= 4 is 39.1 Å². The maximum atomic E-state index is 17.1. The number of amides is 2. The van der Waals surface area contributed by atoms with Gasteiger partial charge in [0.1, 0.15) is 17.6 Å². The zero-order chi connectivity index (χ0) is 38.9. The molecule has 300 valence electrons. The van der Waals surface area contributed by atoms with E-state index in [-0.39, 0.29) is 29.9 Å². The van der Waals surface area contributed by atoms with Gasteiger partial charge in [0.25, 0.3) is 5.91 Å². The number of rotatable bonds is 5. The van der Waals surface area contributed by atoms with Gasteiger partial charge in [0.15, 0.2) is 0 Å². The molecule has 7 rings (SSSR count). The molecule has 2 amide bonds. The highest BCUT2D eigenvalue weighted by atomic mass is 35.5. The van der Waals surface area contributed by atoms with Gasteiger partial charge in [0, 0.05) is 61.4 Å². The third-order valence-corrected chi connectivity index (χ3v) is 15.0. The Bertz CT molecular complexity index is 1890. The van der Waals surface area contributed by atoms with Gasteiger partial charge in [-0.2, -0.15) is 0 Å². The van der Waals surface area contributed by atoms with Crippen LogP contribution in [0.3, 0.4) is 0 Å². The highest BCUT2D eigenvalue weighted by Crippen LogP contribution is 2.45. The number of benzene rings is 2. The number of allylic oxidation sites excluding steroid dienone is 1. The lowest BCUT2D eigenvalue weighted by Crippen LogP contribution is -2.55. The van der Waals surface area contributed by atoms with Crippen LogP contribution in [0.2, 0.25) is 5.02 Å². The number of anilines is 1. The molecule has 0 unspecified atom stereocenters. The minimum Gasteiger partial charge on any atom is -0.490 e. The van der Waals surface area contributed by atoms with Crippen molar-refractivity contribution in [1.29, 1.82) is 0 Å². The summed E-state index contributed by atoms with van der Waals surface area (Å²) in [6, 6.07) is 9.85. The molecule has 10 nitrogen and oxygen atoms in total. The lowest BCUT2D eigenvalue weighted by molar-refractivity contribution is -0.137. The number of ether oxygens (including phenoxy) is 2. The van der Waals surface area contributed by atoms with Crippen LogP contribution in [0.5, 0.6) is 5.75 Å². The zero-order valence-corrected chi connectivity index (χ0v) is 34.0. The van der Waals surface area contributed by atoms with Gasteiger partial charge in [-0.3, -0.25) is 14.5 Å². The number of halogens is 2. The largest absolute Gasteiger partial charge is 0.490 e. The van der Waals surface area contributed by atoms with Crippen LogP contribution in [0, 0.1) is 11.8 Å². The quantitative estimate of drug-likeness (QED) is 0.359. The van der Waals surface area contributed by atoms with Crippen molar-refractivity contribution in [3.63, 3.8) is 0 Å². The molecule has 2 bridgehead atoms. The molecule has 13 heteroatoms. The Morgan fingerprint density at radius 1 is 1.11 bits per heavy atom. The summed E-state index contributed by atoms with van der Waals surface area (Å²) in [5.74, 6) is -1.18. The van der Waals surface area contributed by atoms with Crippen molar-refractivity contribution < 1.29 is 31.9 Å². The summed E-state index contributed by atoms with van der Waals surface area (Å²) in [6.45, 7) is 9.67. The Labute approximate surface area is 330 Å². The van der Waals surface area contributed by atoms with Crippen molar-refractivity contribution in [2.24, 2.45) is 11.8 Å². The van der Waals surface area contributed by atoms with Crippen molar-refractivity contribution in [2.75, 3.05) is 57.4 Å². The summed E-state index contributed by atoms with van der Waals surface area (Å²) in [4.78, 5) is 34.7. The summed E-state index contributed by atoms with van der Waals surface area (Å²) in [7, 11) is -4.14. The van der Waals surface area contributed by atoms with Crippen molar-refractivity contribution in [3.8, 4) is 5.75 Å². The molecule has 2 fully saturated rings. The second-order valence-corrected chi connectivity index (χ2v) is 19.0. The molecule has 0 radical (unpaired) electrons. The van der Waals surface area contributed by atoms with Gasteiger partial charge in [-0.15, -0.1) is 0 Å². The SMILES string of the molecule is CCCN(CC1CCOCC1)C(=O)[C@H]1/C(F)=C/C[C@H](C)[C@@H](C)S(=O)(=O)NC(=O)c2ccc3c(c2)N(C[C@@H]2CCCN21)C[C@@]1(CCCc2cc(Cl)ccc21)CO3. The van der Waals surface area contributed by atoms with Gasteiger partial charge in [0.05, 0.1) is 17.5 Å². The standard InChI is InChI=1S/C42H56ClFN4O6S/c1-4-18-46(24-30-15-20-53-21-16-30)41(50)39-36(44)13-9-28(2)29(3)55(51,52)45-40(49)32-10-14-38-37(23-32)47(25-34-8-6-19-48(34)39)26-42(27-54-38)17-5-7-31-22-33(43)11-12-35(31)42/h10-14,22-23,28-30,34,39H,4-9,15-21,24-27H2,1-3H3,(H,45,49)/b36-13-/t28-,29+,34-,39+,42-/m0/s1. The number of nitrogens with one attached hydrogen (secondary N) is 1. The Balaban J connectivity index is 1.32. The van der Waals surface area contributed by atoms with Crippen LogP contribution in [-0.4, -0.2) is 99.9 Å². The van der Waals surface area contributed by atoms with E-state index in [4.69, 9.17) is 21.1 Å². The maximum Gasteiger partial charge on any atom is 0.264 e. The van der Waals surface area contributed by atoms with Crippen molar-refractivity contribution in [3.05, 3.63) is 70.0 Å². The summed E-state index contributed by atoms with van der Waals surface area (Å²) in [5, 5.41) is -0.318. The highest BCUT2D eigenvalue weighted by Gasteiger charge is 2.45. The molecule has 1 aliphatic carbocycles. The van der Waals surface area contributed by atoms with Gasteiger partial charge in [-0.1, -0.05) is 37.6 Å². The molecule has 1 N–H and O–H groups in total. The molecule has 55 heavy (non-hydrogen) atoms. The average molecular weight is 799 g/mol. The average Bonchev–Trinajstić information content (AvgIpc) is 3.56. The minimum absolute atomic E-state index is 0.0897. The second kappa shape index (κ2) is 16.7. The molecule has 4 aliphatic heterocycles. The highest BCUT2D eigenvalue weighted by molar-refractivity contribution is 7.90. The van der Waals surface area contributed by atoms with E-state index >= 15 is 4.39 Å². The molecular weight excluding hydrogens is 743 g/mol. The van der Waals surface area contributed by atoms with E-state index in [0.29, 0.717) is 69.0 Å². The van der Waals surface area contributed by atoms with E-state index in [0.717, 1.165) is 51.4 Å². The van der Waals surface area contributed by atoms with E-state index < -0.39 is 44.4 Å². The molecule has 0 aromatic heterocycles. The lowest BCUT2D eigenvalue weighted by atomic mass is 9.70. The summed E-state index contributed by atoms with van der Waals surface area (Å²) >= 11 is 6.48. The van der Waals surface area contributed by atoms with Crippen LogP contribution < -0.4 is 14.4 Å². The molecule has 2 saturated heterocycles. The van der Waals surface area contributed by atoms with Crippen LogP contribution in [0.25, 0.3) is 0 Å². The van der Waals surface area contributed by atoms with E-state index in [1.54, 1.807) is 25.1 Å². The summed E-state index contributed by atoms with van der Waals surface area (Å²) in [6.07, 6.45) is 8.27. The monoisotopic (exact) mass is 798 g/mol. The molecule has 1 spiro atoms. The number of nitrogens with zero attached hydrogens (tertiary/aromatic N) is 3. The topological polar surface area (TPSA) is 108 Å². The smallest absolute Gasteiger partial charge is 0.264 e. The Kier molecular flexibility index (Phi) is 12.2. The Morgan fingerprint density at radius 3 is 2.69 bits per heavy atom. The fraction of sp³-hybridized carbons (Fsp3) is 0.619. The first-order valence-corrected chi connectivity index (χ1v) is 22.2. The molecule has 0 saturated carbocycles. The predicted molar refractivity (Wildman–Crippen MR) is 213 cm³/mol. The summed E-state index contributed by atoms with van der Waals surface area (Å²) in [5.41, 5.74) is 2.86. The van der Waals surface area contributed by atoms with Gasteiger partial charge in [-0.05, 0) is 125 Å². The first-order valence-electron chi connectivity index (χ1n) is 20.2. The predicted octanol–water partition coefficient (Wildman–Crippen LogP) is 6.65. The summed E-state index contributed by atoms with van der Waals surface area (Å²) < 4.78 is 58.8. The first kappa shape index (κ1) is 40.0. The maximum absolute atomic E-state index is 17.1. The number of hydrogen-bond acceptors (Lipinski definition) is 8. The molecule has 5 aliphatic rings. The third kappa shape index (κ3) is 8.43. The number of sulfonamides is 1. The molecule has 2 aromatic carbocycles. The van der Waals surface area contributed by atoms with Crippen LogP contribution in [0.15, 0.2) is 48.3 Å². The fourth-order valence-corrected chi connectivity index (χ4v) is 11.0. The van der Waals surface area contributed by atoms with Gasteiger partial charge >= 0.3 is 0 Å².